The molecule has 0 aliphatic carbocycles. The molecule has 2 unspecified atom stereocenters. The molecule has 0 aliphatic rings. The molecule has 2 atom stereocenters. The molecule has 0 rings (SSSR count). The van der Waals surface area contributed by atoms with E-state index < -0.39 is 0 Å². The van der Waals surface area contributed by atoms with Gasteiger partial charge in [-0.05, 0) is 5.92 Å². The minimum atomic E-state index is 0.241. The molecule has 0 radical (unpaired) electrons. The Morgan fingerprint density at radius 3 is 2.33 bits per heavy atom. The van der Waals surface area contributed by atoms with Crippen molar-refractivity contribution in [2.24, 2.45) is 11.8 Å². The lowest BCUT2D eigenvalue weighted by molar-refractivity contribution is -0.111. The van der Waals surface area contributed by atoms with Gasteiger partial charge in [0.05, 0.1) is 0 Å². The summed E-state index contributed by atoms with van der Waals surface area (Å²) in [7, 11) is 0. The van der Waals surface area contributed by atoms with Gasteiger partial charge in [-0.15, -0.1) is 0 Å². The first-order valence-corrected chi connectivity index (χ1v) is 3.67. The van der Waals surface area contributed by atoms with Crippen molar-refractivity contribution < 1.29 is 4.79 Å². The van der Waals surface area contributed by atoms with E-state index in [1.165, 1.54) is 12.8 Å². The van der Waals surface area contributed by atoms with E-state index in [0.29, 0.717) is 5.92 Å². The maximum Gasteiger partial charge on any atom is 0.123 e. The Balaban J connectivity index is 3.44. The van der Waals surface area contributed by atoms with Crippen LogP contribution in [0.1, 0.15) is 33.6 Å². The largest absolute Gasteiger partial charge is 0.303 e. The molecule has 0 fully saturated rings. The summed E-state index contributed by atoms with van der Waals surface area (Å²) in [6.45, 7) is 6.25. The molecule has 0 spiro atoms. The molecule has 0 aromatic carbocycles. The zero-order valence-electron chi connectivity index (χ0n) is 6.55. The molecule has 9 heavy (non-hydrogen) atoms. The van der Waals surface area contributed by atoms with Crippen LogP contribution in [0.3, 0.4) is 0 Å². The summed E-state index contributed by atoms with van der Waals surface area (Å²) in [6, 6.07) is 0. The Morgan fingerprint density at radius 2 is 2.00 bits per heavy atom. The van der Waals surface area contributed by atoms with E-state index in [-0.39, 0.29) is 5.92 Å². The average Bonchev–Trinajstić information content (AvgIpc) is 1.87. The number of rotatable bonds is 4. The molecule has 0 amide bonds. The summed E-state index contributed by atoms with van der Waals surface area (Å²) in [5.41, 5.74) is 0. The molecule has 0 saturated carbocycles. The third-order valence-corrected chi connectivity index (χ3v) is 1.86. The maximum atomic E-state index is 10.2. The zero-order chi connectivity index (χ0) is 7.28. The minimum absolute atomic E-state index is 0.241. The Labute approximate surface area is 57.5 Å². The van der Waals surface area contributed by atoms with Crippen LogP contribution in [-0.2, 0) is 4.79 Å². The van der Waals surface area contributed by atoms with E-state index in [2.05, 4.69) is 13.8 Å². The second-order valence-corrected chi connectivity index (χ2v) is 2.76. The van der Waals surface area contributed by atoms with Gasteiger partial charge in [0.25, 0.3) is 0 Å². The van der Waals surface area contributed by atoms with Crippen molar-refractivity contribution in [3.05, 3.63) is 0 Å². The van der Waals surface area contributed by atoms with Gasteiger partial charge in [0.2, 0.25) is 0 Å². The van der Waals surface area contributed by atoms with Gasteiger partial charge in [0.1, 0.15) is 6.29 Å². The summed E-state index contributed by atoms with van der Waals surface area (Å²) in [6.07, 6.45) is 3.39. The van der Waals surface area contributed by atoms with Crippen LogP contribution in [0.4, 0.5) is 0 Å². The summed E-state index contributed by atoms with van der Waals surface area (Å²) in [5, 5.41) is 0. The first-order chi connectivity index (χ1) is 4.22. The molecule has 0 bridgehead atoms. The lowest BCUT2D eigenvalue weighted by Gasteiger charge is -2.11. The topological polar surface area (TPSA) is 17.1 Å². The lowest BCUT2D eigenvalue weighted by atomic mass is 9.93. The first-order valence-electron chi connectivity index (χ1n) is 3.67. The van der Waals surface area contributed by atoms with Crippen LogP contribution in [0.2, 0.25) is 0 Å². The summed E-state index contributed by atoms with van der Waals surface area (Å²) >= 11 is 0. The summed E-state index contributed by atoms with van der Waals surface area (Å²) in [5.74, 6) is 0.803. The van der Waals surface area contributed by atoms with Crippen LogP contribution >= 0.6 is 0 Å². The zero-order valence-corrected chi connectivity index (χ0v) is 6.55. The molecule has 0 heterocycles. The normalized spacial score (nSPS) is 16.8. The molecule has 1 heteroatoms. The number of hydrogen-bond acceptors (Lipinski definition) is 1. The fraction of sp³-hybridized carbons (Fsp3) is 0.875. The van der Waals surface area contributed by atoms with Gasteiger partial charge >= 0.3 is 0 Å². The highest BCUT2D eigenvalue weighted by atomic mass is 16.1. The number of carbonyl (C=O) groups is 1. The van der Waals surface area contributed by atoms with Gasteiger partial charge in [0, 0.05) is 5.92 Å². The minimum Gasteiger partial charge on any atom is -0.303 e. The van der Waals surface area contributed by atoms with Crippen LogP contribution in [-0.4, -0.2) is 6.29 Å². The van der Waals surface area contributed by atoms with Crippen molar-refractivity contribution in [1.29, 1.82) is 0 Å². The average molecular weight is 128 g/mol. The molecular formula is C8H16O. The summed E-state index contributed by atoms with van der Waals surface area (Å²) < 4.78 is 0. The highest BCUT2D eigenvalue weighted by Crippen LogP contribution is 2.13. The highest BCUT2D eigenvalue weighted by Gasteiger charge is 2.08. The predicted octanol–water partition coefficient (Wildman–Crippen LogP) is 2.26. The standard InChI is InChI=1S/C8H16O/c1-4-5-7(2)8(3)6-9/h6-8H,4-5H2,1-3H3. The van der Waals surface area contributed by atoms with Crippen LogP contribution < -0.4 is 0 Å². The van der Waals surface area contributed by atoms with Crippen molar-refractivity contribution >= 4 is 6.29 Å². The van der Waals surface area contributed by atoms with Crippen molar-refractivity contribution in [3.63, 3.8) is 0 Å². The lowest BCUT2D eigenvalue weighted by Crippen LogP contribution is -2.08. The van der Waals surface area contributed by atoms with Gasteiger partial charge in [-0.3, -0.25) is 0 Å². The maximum absolute atomic E-state index is 10.2. The number of aldehydes is 1. The fourth-order valence-corrected chi connectivity index (χ4v) is 0.852. The second kappa shape index (κ2) is 4.54. The highest BCUT2D eigenvalue weighted by molar-refractivity contribution is 5.53. The molecule has 0 aliphatic heterocycles. The second-order valence-electron chi connectivity index (χ2n) is 2.76. The van der Waals surface area contributed by atoms with Crippen LogP contribution in [0.25, 0.3) is 0 Å². The molecule has 1 nitrogen and oxygen atoms in total. The molecule has 54 valence electrons. The van der Waals surface area contributed by atoms with Gasteiger partial charge in [-0.2, -0.15) is 0 Å². The Bertz CT molecular complexity index is 78.6. The molecular weight excluding hydrogens is 112 g/mol. The van der Waals surface area contributed by atoms with E-state index in [1.807, 2.05) is 6.92 Å². The SMILES string of the molecule is CCCC(C)C(C)C=O. The predicted molar refractivity (Wildman–Crippen MR) is 39.3 cm³/mol. The Hall–Kier alpha value is -0.330. The van der Waals surface area contributed by atoms with E-state index in [4.69, 9.17) is 0 Å². The molecule has 0 saturated heterocycles. The van der Waals surface area contributed by atoms with Gasteiger partial charge in [-0.25, -0.2) is 0 Å². The van der Waals surface area contributed by atoms with Crippen molar-refractivity contribution in [1.82, 2.24) is 0 Å². The van der Waals surface area contributed by atoms with E-state index in [1.54, 1.807) is 0 Å². The third-order valence-electron chi connectivity index (χ3n) is 1.86. The third kappa shape index (κ3) is 3.28. The number of carbonyl (C=O) groups excluding carboxylic acids is 1. The van der Waals surface area contributed by atoms with Crippen LogP contribution in [0.15, 0.2) is 0 Å². The molecule has 0 aromatic heterocycles. The van der Waals surface area contributed by atoms with E-state index in [9.17, 15) is 4.79 Å². The first kappa shape index (κ1) is 8.67. The van der Waals surface area contributed by atoms with E-state index in [0.717, 1.165) is 6.29 Å². The van der Waals surface area contributed by atoms with Crippen LogP contribution in [0.5, 0.6) is 0 Å². The van der Waals surface area contributed by atoms with Crippen molar-refractivity contribution in [2.45, 2.75) is 33.6 Å². The van der Waals surface area contributed by atoms with Gasteiger partial charge in [-0.1, -0.05) is 33.6 Å². The number of hydrogen-bond donors (Lipinski definition) is 0. The Morgan fingerprint density at radius 1 is 1.44 bits per heavy atom. The molecule has 0 N–H and O–H groups in total. The van der Waals surface area contributed by atoms with Gasteiger partial charge in [0.15, 0.2) is 0 Å². The quantitative estimate of drug-likeness (QED) is 0.531. The monoisotopic (exact) mass is 128 g/mol. The molecule has 0 aromatic rings. The van der Waals surface area contributed by atoms with Crippen LogP contribution in [0, 0.1) is 11.8 Å². The van der Waals surface area contributed by atoms with Gasteiger partial charge < -0.3 is 4.79 Å². The fourth-order valence-electron chi connectivity index (χ4n) is 0.852. The Kier molecular flexibility index (Phi) is 4.37. The van der Waals surface area contributed by atoms with Crippen molar-refractivity contribution in [2.75, 3.05) is 0 Å². The summed E-state index contributed by atoms with van der Waals surface area (Å²) in [4.78, 5) is 10.2. The van der Waals surface area contributed by atoms with E-state index >= 15 is 0 Å². The smallest absolute Gasteiger partial charge is 0.123 e. The van der Waals surface area contributed by atoms with Crippen molar-refractivity contribution in [3.8, 4) is 0 Å².